The van der Waals surface area contributed by atoms with Gasteiger partial charge in [-0.15, -0.1) is 5.10 Å². The number of hydrogen-bond donors (Lipinski definition) is 1. The lowest BCUT2D eigenvalue weighted by Crippen LogP contribution is -2.29. The average Bonchev–Trinajstić information content (AvgIpc) is 3.37. The maximum absolute atomic E-state index is 12.6. The molecule has 0 fully saturated rings. The summed E-state index contributed by atoms with van der Waals surface area (Å²) in [6, 6.07) is 18.1. The Kier molecular flexibility index (Phi) is 5.14. The Hall–Kier alpha value is -3.48. The van der Waals surface area contributed by atoms with Crippen LogP contribution < -0.4 is 0 Å². The Morgan fingerprint density at radius 3 is 2.68 bits per heavy atom. The van der Waals surface area contributed by atoms with E-state index in [0.29, 0.717) is 25.2 Å². The number of hydrogen-bond acceptors (Lipinski definition) is 4. The van der Waals surface area contributed by atoms with E-state index in [1.807, 2.05) is 42.5 Å². The number of imidazole rings is 1. The van der Waals surface area contributed by atoms with Crippen LogP contribution in [0.1, 0.15) is 21.9 Å². The first-order valence-electron chi connectivity index (χ1n) is 9.32. The molecule has 4 rings (SSSR count). The molecular weight excluding hydrogens is 352 g/mol. The fourth-order valence-electron chi connectivity index (χ4n) is 3.09. The van der Waals surface area contributed by atoms with Crippen molar-refractivity contribution in [3.05, 3.63) is 77.9 Å². The van der Waals surface area contributed by atoms with Gasteiger partial charge in [0.1, 0.15) is 5.82 Å². The fraction of sp³-hybridized carbons (Fsp3) is 0.238. The summed E-state index contributed by atoms with van der Waals surface area (Å²) < 4.78 is 1.72. The van der Waals surface area contributed by atoms with Gasteiger partial charge in [-0.3, -0.25) is 9.48 Å². The van der Waals surface area contributed by atoms with Crippen LogP contribution in [0.25, 0.3) is 11.0 Å². The van der Waals surface area contributed by atoms with E-state index >= 15 is 0 Å². The van der Waals surface area contributed by atoms with Crippen LogP contribution in [0, 0.1) is 0 Å². The molecule has 7 nitrogen and oxygen atoms in total. The third kappa shape index (κ3) is 4.09. The molecule has 0 aliphatic carbocycles. The van der Waals surface area contributed by atoms with Crippen LogP contribution in [0.3, 0.4) is 0 Å². The van der Waals surface area contributed by atoms with Crippen LogP contribution in [-0.4, -0.2) is 49.4 Å². The van der Waals surface area contributed by atoms with Gasteiger partial charge in [-0.1, -0.05) is 47.7 Å². The van der Waals surface area contributed by atoms with Crippen molar-refractivity contribution in [1.82, 2.24) is 29.9 Å². The molecule has 0 aliphatic rings. The Labute approximate surface area is 163 Å². The van der Waals surface area contributed by atoms with Crippen molar-refractivity contribution in [2.45, 2.75) is 19.4 Å². The molecule has 28 heavy (non-hydrogen) atoms. The third-order valence-corrected chi connectivity index (χ3v) is 4.70. The van der Waals surface area contributed by atoms with Gasteiger partial charge in [0.25, 0.3) is 5.91 Å². The number of aromatic nitrogens is 5. The van der Waals surface area contributed by atoms with Crippen molar-refractivity contribution in [2.24, 2.45) is 0 Å². The molecule has 0 spiro atoms. The highest BCUT2D eigenvalue weighted by atomic mass is 16.2. The summed E-state index contributed by atoms with van der Waals surface area (Å²) >= 11 is 0. The first-order valence-corrected chi connectivity index (χ1v) is 9.32. The van der Waals surface area contributed by atoms with Crippen LogP contribution in [0.2, 0.25) is 0 Å². The lowest BCUT2D eigenvalue weighted by atomic mass is 10.1. The summed E-state index contributed by atoms with van der Waals surface area (Å²) in [5, 5.41) is 8.12. The van der Waals surface area contributed by atoms with Gasteiger partial charge in [-0.25, -0.2) is 4.98 Å². The van der Waals surface area contributed by atoms with Crippen LogP contribution in [0.5, 0.6) is 0 Å². The summed E-state index contributed by atoms with van der Waals surface area (Å²) in [4.78, 5) is 22.1. The Morgan fingerprint density at radius 2 is 1.86 bits per heavy atom. The van der Waals surface area contributed by atoms with Crippen LogP contribution in [0.4, 0.5) is 0 Å². The number of rotatable bonds is 7. The highest BCUT2D eigenvalue weighted by Gasteiger charge is 2.16. The molecule has 1 N–H and O–H groups in total. The summed E-state index contributed by atoms with van der Waals surface area (Å²) in [7, 11) is 1.77. The van der Waals surface area contributed by atoms with E-state index in [1.165, 1.54) is 5.56 Å². The molecule has 2 heterocycles. The van der Waals surface area contributed by atoms with Gasteiger partial charge >= 0.3 is 0 Å². The number of carbonyl (C=O) groups excluding carboxylic acids is 1. The highest BCUT2D eigenvalue weighted by Crippen LogP contribution is 2.11. The number of likely N-dealkylation sites (N-methyl/N-ethyl adjacent to an activating group) is 1. The monoisotopic (exact) mass is 374 g/mol. The molecule has 4 aromatic rings. The minimum Gasteiger partial charge on any atom is -0.342 e. The lowest BCUT2D eigenvalue weighted by Gasteiger charge is -2.14. The number of para-hydroxylation sites is 2. The second-order valence-electron chi connectivity index (χ2n) is 6.78. The van der Waals surface area contributed by atoms with Crippen molar-refractivity contribution >= 4 is 16.9 Å². The maximum Gasteiger partial charge on any atom is 0.275 e. The number of fused-ring (bicyclic) bond motifs is 1. The number of H-pyrrole nitrogens is 1. The van der Waals surface area contributed by atoms with E-state index in [9.17, 15) is 4.79 Å². The number of carbonyl (C=O) groups is 1. The summed E-state index contributed by atoms with van der Waals surface area (Å²) in [5.74, 6) is 0.731. The fourth-order valence-corrected chi connectivity index (χ4v) is 3.09. The minimum atomic E-state index is -0.137. The molecule has 7 heteroatoms. The number of amides is 1. The number of aromatic amines is 1. The molecule has 2 aromatic carbocycles. The minimum absolute atomic E-state index is 0.137. The molecule has 0 saturated heterocycles. The first-order chi connectivity index (χ1) is 13.7. The van der Waals surface area contributed by atoms with Gasteiger partial charge in [-0.2, -0.15) is 0 Å². The molecule has 1 amide bonds. The van der Waals surface area contributed by atoms with Gasteiger partial charge in [0.2, 0.25) is 0 Å². The van der Waals surface area contributed by atoms with Crippen LogP contribution in [-0.2, 0) is 19.4 Å². The predicted molar refractivity (Wildman–Crippen MR) is 107 cm³/mol. The lowest BCUT2D eigenvalue weighted by molar-refractivity contribution is 0.0790. The Bertz CT molecular complexity index is 1040. The van der Waals surface area contributed by atoms with Crippen LogP contribution >= 0.6 is 0 Å². The van der Waals surface area contributed by atoms with E-state index in [1.54, 1.807) is 22.8 Å². The molecule has 0 atom stereocenters. The van der Waals surface area contributed by atoms with Crippen molar-refractivity contribution in [3.63, 3.8) is 0 Å². The number of nitrogens with one attached hydrogen (secondary N) is 1. The normalized spacial score (nSPS) is 11.0. The molecule has 0 unspecified atom stereocenters. The zero-order chi connectivity index (χ0) is 19.3. The van der Waals surface area contributed by atoms with Crippen molar-refractivity contribution in [1.29, 1.82) is 0 Å². The number of nitrogens with zero attached hydrogens (tertiary/aromatic N) is 5. The smallest absolute Gasteiger partial charge is 0.275 e. The van der Waals surface area contributed by atoms with Crippen molar-refractivity contribution in [2.75, 3.05) is 13.6 Å². The van der Waals surface area contributed by atoms with Crippen LogP contribution in [0.15, 0.2) is 60.8 Å². The predicted octanol–water partition coefficient (Wildman–Crippen LogP) is 2.71. The molecular formula is C21H22N6O. The van der Waals surface area contributed by atoms with E-state index in [-0.39, 0.29) is 5.91 Å². The third-order valence-electron chi connectivity index (χ3n) is 4.70. The standard InChI is InChI=1S/C21H22N6O/c1-26(13-12-20-22-17-9-5-6-10-18(17)23-20)21(28)19-15-27(25-24-19)14-11-16-7-3-2-4-8-16/h2-10,15H,11-14H2,1H3,(H,22,23). The molecule has 0 aliphatic heterocycles. The summed E-state index contributed by atoms with van der Waals surface area (Å²) in [6.45, 7) is 1.24. The largest absolute Gasteiger partial charge is 0.342 e. The molecule has 142 valence electrons. The van der Waals surface area contributed by atoms with Crippen molar-refractivity contribution < 1.29 is 4.79 Å². The zero-order valence-electron chi connectivity index (χ0n) is 15.7. The highest BCUT2D eigenvalue weighted by molar-refractivity contribution is 5.91. The van der Waals surface area contributed by atoms with E-state index in [2.05, 4.69) is 32.4 Å². The van der Waals surface area contributed by atoms with E-state index in [4.69, 9.17) is 0 Å². The molecule has 2 aromatic heterocycles. The van der Waals surface area contributed by atoms with Gasteiger partial charge in [0.15, 0.2) is 5.69 Å². The first kappa shape index (κ1) is 17.9. The second kappa shape index (κ2) is 8.04. The quantitative estimate of drug-likeness (QED) is 0.539. The number of benzene rings is 2. The zero-order valence-corrected chi connectivity index (χ0v) is 15.7. The Morgan fingerprint density at radius 1 is 1.07 bits per heavy atom. The second-order valence-corrected chi connectivity index (χ2v) is 6.78. The summed E-state index contributed by atoms with van der Waals surface area (Å²) in [5.41, 5.74) is 3.54. The Balaban J connectivity index is 1.32. The SMILES string of the molecule is CN(CCc1nc2ccccc2[nH]1)C(=O)c1cn(CCc2ccccc2)nn1. The van der Waals surface area contributed by atoms with Gasteiger partial charge in [0.05, 0.1) is 17.2 Å². The molecule has 0 bridgehead atoms. The van der Waals surface area contributed by atoms with Gasteiger partial charge < -0.3 is 9.88 Å². The topological polar surface area (TPSA) is 79.7 Å². The van der Waals surface area contributed by atoms with Gasteiger partial charge in [-0.05, 0) is 24.1 Å². The molecule has 0 saturated carbocycles. The van der Waals surface area contributed by atoms with E-state index < -0.39 is 0 Å². The van der Waals surface area contributed by atoms with Gasteiger partial charge in [0, 0.05) is 26.6 Å². The maximum atomic E-state index is 12.6. The molecule has 0 radical (unpaired) electrons. The van der Waals surface area contributed by atoms with E-state index in [0.717, 1.165) is 23.3 Å². The number of aryl methyl sites for hydroxylation is 2. The summed E-state index contributed by atoms with van der Waals surface area (Å²) in [6.07, 6.45) is 3.21. The average molecular weight is 374 g/mol. The van der Waals surface area contributed by atoms with Crippen molar-refractivity contribution in [3.8, 4) is 0 Å².